The Labute approximate surface area is 218 Å². The van der Waals surface area contributed by atoms with Gasteiger partial charge in [-0.1, -0.05) is 0 Å². The Morgan fingerprint density at radius 3 is 2.50 bits per heavy atom. The molecule has 4 aromatic rings. The number of aryl methyl sites for hydroxylation is 4. The van der Waals surface area contributed by atoms with Gasteiger partial charge in [-0.15, -0.1) is 0 Å². The van der Waals surface area contributed by atoms with Gasteiger partial charge in [0.15, 0.2) is 11.2 Å². The Morgan fingerprint density at radius 2 is 1.79 bits per heavy atom. The summed E-state index contributed by atoms with van der Waals surface area (Å²) in [4.78, 5) is 49.6. The summed E-state index contributed by atoms with van der Waals surface area (Å²) in [6, 6.07) is 3.21. The molecule has 38 heavy (non-hydrogen) atoms. The highest BCUT2D eigenvalue weighted by Crippen LogP contribution is 2.33. The fraction of sp³-hybridized carbons (Fsp3) is 0.500. The van der Waals surface area contributed by atoms with Crippen molar-refractivity contribution in [2.75, 3.05) is 13.1 Å². The van der Waals surface area contributed by atoms with Crippen molar-refractivity contribution in [2.24, 2.45) is 14.1 Å². The summed E-state index contributed by atoms with van der Waals surface area (Å²) in [7, 11) is 2.90. The quantitative estimate of drug-likeness (QED) is 0.393. The van der Waals surface area contributed by atoms with Crippen molar-refractivity contribution in [3.8, 4) is 0 Å². The van der Waals surface area contributed by atoms with Crippen LogP contribution >= 0.6 is 0 Å². The standard InChI is InChI=1S/C26H33N7O5/c1-14-7-18-19(8-15(14)2)32(16(3)28-18)12-21(35)31-10-17(34)9-26(4,38)20(11-31)33-13-27-23-22(33)24(36)30(6)25(37)29(23)5/h7-8,13,17,20,34,38H,9-12H2,1-6H3/t17-,20+,26+/m0/s1. The number of aliphatic hydroxyl groups excluding tert-OH is 1. The van der Waals surface area contributed by atoms with Crippen LogP contribution in [0.5, 0.6) is 0 Å². The molecule has 3 aromatic heterocycles. The lowest BCUT2D eigenvalue weighted by molar-refractivity contribution is -0.133. The van der Waals surface area contributed by atoms with E-state index >= 15 is 0 Å². The van der Waals surface area contributed by atoms with Gasteiger partial charge in [0.1, 0.15) is 12.4 Å². The van der Waals surface area contributed by atoms with Crippen molar-refractivity contribution < 1.29 is 15.0 Å². The number of fused-ring (bicyclic) bond motifs is 2. The van der Waals surface area contributed by atoms with Gasteiger partial charge in [-0.25, -0.2) is 14.8 Å². The van der Waals surface area contributed by atoms with Crippen molar-refractivity contribution in [2.45, 2.75) is 58.4 Å². The number of hydrogen-bond donors (Lipinski definition) is 2. The topological polar surface area (TPSA) is 140 Å². The van der Waals surface area contributed by atoms with Crippen molar-refractivity contribution in [1.29, 1.82) is 0 Å². The number of benzene rings is 1. The summed E-state index contributed by atoms with van der Waals surface area (Å²) in [5.74, 6) is 0.444. The van der Waals surface area contributed by atoms with Crippen LogP contribution in [0.4, 0.5) is 0 Å². The predicted octanol–water partition coefficient (Wildman–Crippen LogP) is 0.294. The molecule has 1 aliphatic rings. The Kier molecular flexibility index (Phi) is 6.07. The Hall–Kier alpha value is -3.77. The maximum Gasteiger partial charge on any atom is 0.332 e. The number of aromatic nitrogens is 6. The molecule has 1 aromatic carbocycles. The van der Waals surface area contributed by atoms with Crippen LogP contribution in [0.25, 0.3) is 22.2 Å². The first kappa shape index (κ1) is 25.9. The van der Waals surface area contributed by atoms with Gasteiger partial charge in [0.25, 0.3) is 5.56 Å². The average Bonchev–Trinajstić information content (AvgIpc) is 3.36. The molecular weight excluding hydrogens is 490 g/mol. The minimum Gasteiger partial charge on any atom is -0.391 e. The number of carbonyl (C=O) groups excluding carboxylic acids is 1. The smallest absolute Gasteiger partial charge is 0.332 e. The van der Waals surface area contributed by atoms with E-state index in [-0.39, 0.29) is 43.1 Å². The molecule has 5 rings (SSSR count). The Bertz CT molecular complexity index is 1710. The van der Waals surface area contributed by atoms with E-state index in [0.717, 1.165) is 26.7 Å². The third kappa shape index (κ3) is 4.04. The van der Waals surface area contributed by atoms with Gasteiger partial charge in [0.05, 0.1) is 35.1 Å². The van der Waals surface area contributed by atoms with Crippen LogP contribution in [0.2, 0.25) is 0 Å². The van der Waals surface area contributed by atoms with Crippen LogP contribution in [-0.4, -0.2) is 74.1 Å². The van der Waals surface area contributed by atoms with E-state index in [1.165, 1.54) is 34.5 Å². The maximum atomic E-state index is 13.7. The first-order valence-electron chi connectivity index (χ1n) is 12.5. The number of amides is 1. The largest absolute Gasteiger partial charge is 0.391 e. The SMILES string of the molecule is Cc1cc2nc(C)n(CC(=O)N3C[C@@H](O)C[C@@](C)(O)[C@H](n4cnc5c4c(=O)n(C)c(=O)n5C)C3)c2cc1C. The molecule has 202 valence electrons. The molecule has 0 radical (unpaired) electrons. The van der Waals surface area contributed by atoms with Crippen LogP contribution in [0, 0.1) is 20.8 Å². The fourth-order valence-corrected chi connectivity index (χ4v) is 5.54. The molecule has 4 heterocycles. The molecule has 1 amide bonds. The zero-order chi connectivity index (χ0) is 27.7. The van der Waals surface area contributed by atoms with Crippen molar-refractivity contribution in [3.63, 3.8) is 0 Å². The highest BCUT2D eigenvalue weighted by atomic mass is 16.3. The van der Waals surface area contributed by atoms with E-state index in [2.05, 4.69) is 9.97 Å². The Morgan fingerprint density at radius 1 is 1.11 bits per heavy atom. The summed E-state index contributed by atoms with van der Waals surface area (Å²) in [5.41, 5.74) is 1.65. The lowest BCUT2D eigenvalue weighted by Gasteiger charge is -2.34. The van der Waals surface area contributed by atoms with Crippen LogP contribution in [-0.2, 0) is 25.4 Å². The average molecular weight is 524 g/mol. The van der Waals surface area contributed by atoms with Crippen LogP contribution in [0.15, 0.2) is 28.0 Å². The van der Waals surface area contributed by atoms with Gasteiger partial charge in [0.2, 0.25) is 5.91 Å². The second kappa shape index (κ2) is 8.91. The van der Waals surface area contributed by atoms with Gasteiger partial charge < -0.3 is 24.2 Å². The minimum atomic E-state index is -1.48. The highest BCUT2D eigenvalue weighted by molar-refractivity contribution is 5.82. The molecule has 2 N–H and O–H groups in total. The van der Waals surface area contributed by atoms with E-state index < -0.39 is 29.0 Å². The van der Waals surface area contributed by atoms with Crippen molar-refractivity contribution in [1.82, 2.24) is 33.1 Å². The first-order valence-corrected chi connectivity index (χ1v) is 12.5. The van der Waals surface area contributed by atoms with Gasteiger partial charge in [-0.3, -0.25) is 18.7 Å². The number of carbonyl (C=O) groups is 1. The van der Waals surface area contributed by atoms with Gasteiger partial charge >= 0.3 is 5.69 Å². The van der Waals surface area contributed by atoms with E-state index in [1.807, 2.05) is 37.5 Å². The third-order valence-electron chi connectivity index (χ3n) is 7.90. The lowest BCUT2D eigenvalue weighted by atomic mass is 9.91. The normalized spacial score (nSPS) is 22.4. The second-order valence-electron chi connectivity index (χ2n) is 10.7. The molecule has 1 saturated heterocycles. The van der Waals surface area contributed by atoms with Gasteiger partial charge in [-0.2, -0.15) is 0 Å². The van der Waals surface area contributed by atoms with E-state index in [1.54, 1.807) is 6.92 Å². The second-order valence-corrected chi connectivity index (χ2v) is 10.7. The number of nitrogens with zero attached hydrogens (tertiary/aromatic N) is 7. The molecule has 1 aliphatic heterocycles. The van der Waals surface area contributed by atoms with Crippen LogP contribution < -0.4 is 11.2 Å². The number of likely N-dealkylation sites (tertiary alicyclic amines) is 1. The predicted molar refractivity (Wildman–Crippen MR) is 141 cm³/mol. The zero-order valence-electron chi connectivity index (χ0n) is 22.5. The monoisotopic (exact) mass is 523 g/mol. The van der Waals surface area contributed by atoms with E-state index in [9.17, 15) is 24.6 Å². The number of imidazole rings is 2. The molecular formula is C26H33N7O5. The fourth-order valence-electron chi connectivity index (χ4n) is 5.54. The first-order chi connectivity index (χ1) is 17.8. The molecule has 12 nitrogen and oxygen atoms in total. The molecule has 12 heteroatoms. The number of aliphatic hydroxyl groups is 2. The number of rotatable bonds is 3. The van der Waals surface area contributed by atoms with Gasteiger partial charge in [-0.05, 0) is 51.0 Å². The number of hydrogen-bond acceptors (Lipinski definition) is 7. The van der Waals surface area contributed by atoms with E-state index in [4.69, 9.17) is 0 Å². The zero-order valence-corrected chi connectivity index (χ0v) is 22.5. The van der Waals surface area contributed by atoms with Crippen molar-refractivity contribution in [3.05, 3.63) is 56.2 Å². The minimum absolute atomic E-state index is 0.00730. The summed E-state index contributed by atoms with van der Waals surface area (Å²) in [5, 5.41) is 22.2. The van der Waals surface area contributed by atoms with Crippen LogP contribution in [0.1, 0.15) is 36.3 Å². The summed E-state index contributed by atoms with van der Waals surface area (Å²) < 4.78 is 5.64. The number of β-amino-alcohol motifs (C(OH)–C–C–N with tert-alkyl or cyclic N) is 1. The summed E-state index contributed by atoms with van der Waals surface area (Å²) in [6.07, 6.45) is 0.411. The molecule has 0 saturated carbocycles. The summed E-state index contributed by atoms with van der Waals surface area (Å²) in [6.45, 7) is 7.52. The molecule has 1 fully saturated rings. The summed E-state index contributed by atoms with van der Waals surface area (Å²) >= 11 is 0. The lowest BCUT2D eigenvalue weighted by Crippen LogP contribution is -2.44. The van der Waals surface area contributed by atoms with E-state index in [0.29, 0.717) is 5.82 Å². The van der Waals surface area contributed by atoms with Crippen molar-refractivity contribution >= 4 is 28.1 Å². The molecule has 3 atom stereocenters. The molecule has 0 bridgehead atoms. The van der Waals surface area contributed by atoms with Crippen LogP contribution in [0.3, 0.4) is 0 Å². The third-order valence-corrected chi connectivity index (χ3v) is 7.90. The molecule has 0 aliphatic carbocycles. The molecule has 0 spiro atoms. The highest BCUT2D eigenvalue weighted by Gasteiger charge is 2.42. The maximum absolute atomic E-state index is 13.7. The molecule has 0 unspecified atom stereocenters. The van der Waals surface area contributed by atoms with Gasteiger partial charge in [0, 0.05) is 33.6 Å². The Balaban J connectivity index is 1.55.